The first kappa shape index (κ1) is 10.8. The molecule has 1 amide bonds. The minimum absolute atomic E-state index is 0.176. The molecule has 0 fully saturated rings. The van der Waals surface area contributed by atoms with Crippen molar-refractivity contribution in [3.8, 4) is 0 Å². The van der Waals surface area contributed by atoms with Gasteiger partial charge in [-0.2, -0.15) is 0 Å². The first-order valence-electron chi connectivity index (χ1n) is 3.43. The van der Waals surface area contributed by atoms with E-state index in [2.05, 4.69) is 21.2 Å². The van der Waals surface area contributed by atoms with Crippen molar-refractivity contribution in [2.45, 2.75) is 6.92 Å². The number of rotatable bonds is 1. The van der Waals surface area contributed by atoms with E-state index in [1.165, 1.54) is 6.92 Å². The van der Waals surface area contributed by atoms with Gasteiger partial charge in [0.15, 0.2) is 0 Å². The molecule has 0 atom stereocenters. The van der Waals surface area contributed by atoms with Crippen LogP contribution in [0.4, 0.5) is 5.69 Å². The second kappa shape index (κ2) is 4.31. The molecule has 0 aliphatic rings. The predicted octanol–water partition coefficient (Wildman–Crippen LogP) is 3.71. The summed E-state index contributed by atoms with van der Waals surface area (Å²) in [5.41, 5.74) is 0.540. The Morgan fingerprint density at radius 3 is 2.54 bits per heavy atom. The van der Waals surface area contributed by atoms with Crippen LogP contribution in [0.2, 0.25) is 10.0 Å². The number of anilines is 1. The summed E-state index contributed by atoms with van der Waals surface area (Å²) in [7, 11) is 0. The third-order valence-corrected chi connectivity index (χ3v) is 2.45. The lowest BCUT2D eigenvalue weighted by atomic mass is 10.3. The van der Waals surface area contributed by atoms with Gasteiger partial charge in [0.25, 0.3) is 0 Å². The lowest BCUT2D eigenvalue weighted by Gasteiger charge is -2.07. The van der Waals surface area contributed by atoms with Gasteiger partial charge in [0.05, 0.1) is 10.7 Å². The van der Waals surface area contributed by atoms with E-state index in [9.17, 15) is 4.79 Å². The van der Waals surface area contributed by atoms with Crippen LogP contribution in [0.1, 0.15) is 6.92 Å². The Balaban J connectivity index is 3.13. The zero-order valence-corrected chi connectivity index (χ0v) is 9.79. The van der Waals surface area contributed by atoms with Gasteiger partial charge in [0.2, 0.25) is 5.91 Å². The molecular weight excluding hydrogens is 277 g/mol. The normalized spacial score (nSPS) is 9.85. The molecule has 0 saturated carbocycles. The minimum atomic E-state index is -0.176. The summed E-state index contributed by atoms with van der Waals surface area (Å²) >= 11 is 14.8. The van der Waals surface area contributed by atoms with Gasteiger partial charge in [-0.3, -0.25) is 4.79 Å². The molecule has 0 heterocycles. The molecule has 0 aromatic heterocycles. The molecule has 5 heteroatoms. The maximum absolute atomic E-state index is 10.8. The van der Waals surface area contributed by atoms with Crippen molar-refractivity contribution >= 4 is 50.7 Å². The van der Waals surface area contributed by atoms with Crippen LogP contribution in [0.3, 0.4) is 0 Å². The van der Waals surface area contributed by atoms with Crippen molar-refractivity contribution in [2.75, 3.05) is 5.32 Å². The fraction of sp³-hybridized carbons (Fsp3) is 0.125. The average molecular weight is 283 g/mol. The topological polar surface area (TPSA) is 29.1 Å². The van der Waals surface area contributed by atoms with Crippen LogP contribution in [-0.4, -0.2) is 5.91 Å². The molecule has 0 radical (unpaired) electrons. The van der Waals surface area contributed by atoms with E-state index < -0.39 is 0 Å². The molecule has 2 nitrogen and oxygen atoms in total. The van der Waals surface area contributed by atoms with Crippen LogP contribution in [0.15, 0.2) is 16.6 Å². The summed E-state index contributed by atoms with van der Waals surface area (Å²) in [6.45, 7) is 1.41. The molecule has 1 aromatic carbocycles. The summed E-state index contributed by atoms with van der Waals surface area (Å²) in [6.07, 6.45) is 0. The van der Waals surface area contributed by atoms with Crippen LogP contribution >= 0.6 is 39.1 Å². The fourth-order valence-corrected chi connectivity index (χ4v) is 2.18. The monoisotopic (exact) mass is 281 g/mol. The van der Waals surface area contributed by atoms with E-state index in [0.717, 1.165) is 0 Å². The van der Waals surface area contributed by atoms with E-state index >= 15 is 0 Å². The molecular formula is C8H6BrCl2NO. The first-order valence-corrected chi connectivity index (χ1v) is 4.97. The van der Waals surface area contributed by atoms with Gasteiger partial charge in [-0.05, 0) is 28.1 Å². The van der Waals surface area contributed by atoms with Crippen molar-refractivity contribution in [3.63, 3.8) is 0 Å². The molecule has 0 saturated heterocycles. The van der Waals surface area contributed by atoms with E-state index in [1.54, 1.807) is 12.1 Å². The Morgan fingerprint density at radius 1 is 1.46 bits per heavy atom. The van der Waals surface area contributed by atoms with Crippen LogP contribution < -0.4 is 5.32 Å². The maximum Gasteiger partial charge on any atom is 0.221 e. The number of carbonyl (C=O) groups is 1. The molecule has 70 valence electrons. The van der Waals surface area contributed by atoms with Crippen LogP contribution in [0, 0.1) is 0 Å². The van der Waals surface area contributed by atoms with Crippen LogP contribution in [-0.2, 0) is 4.79 Å². The van der Waals surface area contributed by atoms with Crippen LogP contribution in [0.5, 0.6) is 0 Å². The molecule has 1 aromatic rings. The van der Waals surface area contributed by atoms with Crippen molar-refractivity contribution in [2.24, 2.45) is 0 Å². The Hall–Kier alpha value is -0.250. The van der Waals surface area contributed by atoms with Gasteiger partial charge >= 0.3 is 0 Å². The van der Waals surface area contributed by atoms with Crippen molar-refractivity contribution in [1.29, 1.82) is 0 Å². The Morgan fingerprint density at radius 2 is 2.08 bits per heavy atom. The van der Waals surface area contributed by atoms with Crippen molar-refractivity contribution < 1.29 is 4.79 Å². The second-order valence-electron chi connectivity index (χ2n) is 2.43. The number of amides is 1. The number of benzene rings is 1. The van der Waals surface area contributed by atoms with E-state index in [4.69, 9.17) is 23.2 Å². The number of hydrogen-bond acceptors (Lipinski definition) is 1. The number of halogens is 3. The Kier molecular flexibility index (Phi) is 3.59. The lowest BCUT2D eigenvalue weighted by Crippen LogP contribution is -2.06. The Bertz CT molecular complexity index is 331. The van der Waals surface area contributed by atoms with Crippen molar-refractivity contribution in [3.05, 3.63) is 26.7 Å². The van der Waals surface area contributed by atoms with Gasteiger partial charge in [0, 0.05) is 16.4 Å². The quantitative estimate of drug-likeness (QED) is 0.836. The summed E-state index contributed by atoms with van der Waals surface area (Å²) < 4.78 is 0.667. The highest BCUT2D eigenvalue weighted by Gasteiger charge is 2.07. The predicted molar refractivity (Wildman–Crippen MR) is 58.5 cm³/mol. The van der Waals surface area contributed by atoms with Gasteiger partial charge < -0.3 is 5.32 Å². The summed E-state index contributed by atoms with van der Waals surface area (Å²) in [6, 6.07) is 3.23. The third kappa shape index (κ3) is 2.86. The largest absolute Gasteiger partial charge is 0.324 e. The molecule has 0 aliphatic carbocycles. The smallest absolute Gasteiger partial charge is 0.221 e. The zero-order valence-electron chi connectivity index (χ0n) is 6.70. The summed E-state index contributed by atoms with van der Waals surface area (Å²) in [5.74, 6) is -0.176. The first-order chi connectivity index (χ1) is 6.00. The van der Waals surface area contributed by atoms with Crippen LogP contribution in [0.25, 0.3) is 0 Å². The van der Waals surface area contributed by atoms with E-state index in [0.29, 0.717) is 20.2 Å². The highest BCUT2D eigenvalue weighted by Crippen LogP contribution is 2.33. The van der Waals surface area contributed by atoms with E-state index in [1.807, 2.05) is 0 Å². The summed E-state index contributed by atoms with van der Waals surface area (Å²) in [5, 5.41) is 3.52. The highest BCUT2D eigenvalue weighted by molar-refractivity contribution is 9.10. The molecule has 1 N–H and O–H groups in total. The zero-order chi connectivity index (χ0) is 10.0. The molecule has 0 bridgehead atoms. The third-order valence-electron chi connectivity index (χ3n) is 1.31. The highest BCUT2D eigenvalue weighted by atomic mass is 79.9. The molecule has 13 heavy (non-hydrogen) atoms. The average Bonchev–Trinajstić information content (AvgIpc) is 1.96. The van der Waals surface area contributed by atoms with Gasteiger partial charge in [-0.15, -0.1) is 0 Å². The van der Waals surface area contributed by atoms with Gasteiger partial charge in [-0.1, -0.05) is 23.2 Å². The standard InChI is InChI=1S/C8H6BrCl2NO/c1-4(13)12-8-6(9)2-5(10)3-7(8)11/h2-3H,1H3,(H,12,13). The van der Waals surface area contributed by atoms with Gasteiger partial charge in [0.1, 0.15) is 0 Å². The Labute approximate surface area is 94.3 Å². The molecule has 0 spiro atoms. The second-order valence-corrected chi connectivity index (χ2v) is 4.12. The molecule has 0 unspecified atom stereocenters. The fourth-order valence-electron chi connectivity index (χ4n) is 0.838. The van der Waals surface area contributed by atoms with Gasteiger partial charge in [-0.25, -0.2) is 0 Å². The molecule has 0 aliphatic heterocycles. The summed E-state index contributed by atoms with van der Waals surface area (Å²) in [4.78, 5) is 10.8. The van der Waals surface area contributed by atoms with E-state index in [-0.39, 0.29) is 5.91 Å². The SMILES string of the molecule is CC(=O)Nc1c(Cl)cc(Cl)cc1Br. The maximum atomic E-state index is 10.8. The number of carbonyl (C=O) groups excluding carboxylic acids is 1. The lowest BCUT2D eigenvalue weighted by molar-refractivity contribution is -0.114. The number of nitrogens with one attached hydrogen (secondary N) is 1. The minimum Gasteiger partial charge on any atom is -0.324 e. The number of hydrogen-bond donors (Lipinski definition) is 1. The molecule has 1 rings (SSSR count). The van der Waals surface area contributed by atoms with Crippen molar-refractivity contribution in [1.82, 2.24) is 0 Å².